The van der Waals surface area contributed by atoms with Crippen LogP contribution in [0.15, 0.2) is 45.9 Å². The maximum atomic E-state index is 12.5. The Bertz CT molecular complexity index is 986. The van der Waals surface area contributed by atoms with Crippen molar-refractivity contribution >= 4 is 21.8 Å². The minimum Gasteiger partial charge on any atom is -0.467 e. The van der Waals surface area contributed by atoms with Crippen LogP contribution in [0, 0.1) is 0 Å². The molecule has 1 heterocycles. The van der Waals surface area contributed by atoms with E-state index in [0.717, 1.165) is 31.2 Å². The zero-order valence-corrected chi connectivity index (χ0v) is 17.8. The first-order chi connectivity index (χ1) is 14.3. The van der Waals surface area contributed by atoms with E-state index in [-0.39, 0.29) is 30.3 Å². The van der Waals surface area contributed by atoms with Crippen LogP contribution in [0.4, 0.5) is 0 Å². The second kappa shape index (κ2) is 9.90. The van der Waals surface area contributed by atoms with Crippen molar-refractivity contribution in [3.05, 3.63) is 53.5 Å². The van der Waals surface area contributed by atoms with Gasteiger partial charge in [-0.2, -0.15) is 0 Å². The molecule has 9 heteroatoms. The van der Waals surface area contributed by atoms with Crippen LogP contribution in [0.3, 0.4) is 0 Å². The van der Waals surface area contributed by atoms with E-state index in [1.165, 1.54) is 11.8 Å². The van der Waals surface area contributed by atoms with Crippen LogP contribution >= 0.6 is 0 Å². The summed E-state index contributed by atoms with van der Waals surface area (Å²) >= 11 is 0. The van der Waals surface area contributed by atoms with Crippen LogP contribution < -0.4 is 15.4 Å². The first-order valence-corrected chi connectivity index (χ1v) is 11.5. The molecule has 1 atom stereocenters. The van der Waals surface area contributed by atoms with Crippen molar-refractivity contribution in [2.24, 2.45) is 0 Å². The number of benzene rings is 1. The van der Waals surface area contributed by atoms with Gasteiger partial charge in [-0.05, 0) is 68.0 Å². The molecule has 1 aromatic heterocycles. The molecule has 0 fully saturated rings. The Morgan fingerprint density at radius 3 is 2.63 bits per heavy atom. The highest BCUT2D eigenvalue weighted by molar-refractivity contribution is 7.89. The van der Waals surface area contributed by atoms with E-state index in [9.17, 15) is 18.0 Å². The van der Waals surface area contributed by atoms with E-state index in [1.807, 2.05) is 6.07 Å². The average Bonchev–Trinajstić information content (AvgIpc) is 3.25. The predicted octanol–water partition coefficient (Wildman–Crippen LogP) is 1.65. The molecule has 0 radical (unpaired) electrons. The molecule has 0 aliphatic heterocycles. The Morgan fingerprint density at radius 2 is 1.90 bits per heavy atom. The number of sulfonamides is 1. The highest BCUT2D eigenvalue weighted by atomic mass is 32.2. The largest absolute Gasteiger partial charge is 0.467 e. The Labute approximate surface area is 176 Å². The fourth-order valence-electron chi connectivity index (χ4n) is 3.38. The number of amides is 2. The maximum absolute atomic E-state index is 12.5. The zero-order chi connectivity index (χ0) is 21.6. The smallest absolute Gasteiger partial charge is 0.242 e. The molecule has 0 saturated carbocycles. The summed E-state index contributed by atoms with van der Waals surface area (Å²) < 4.78 is 32.6. The predicted molar refractivity (Wildman–Crippen MR) is 111 cm³/mol. The van der Waals surface area contributed by atoms with Crippen LogP contribution in [0.2, 0.25) is 0 Å². The molecule has 2 amide bonds. The lowest BCUT2D eigenvalue weighted by atomic mass is 9.92. The molecule has 0 bridgehead atoms. The monoisotopic (exact) mass is 433 g/mol. The number of furan rings is 1. The van der Waals surface area contributed by atoms with Crippen molar-refractivity contribution in [2.45, 2.75) is 56.5 Å². The highest BCUT2D eigenvalue weighted by Gasteiger charge is 2.19. The van der Waals surface area contributed by atoms with Gasteiger partial charge < -0.3 is 15.1 Å². The van der Waals surface area contributed by atoms with Gasteiger partial charge in [-0.15, -0.1) is 0 Å². The molecular formula is C21H27N3O5S. The lowest BCUT2D eigenvalue weighted by Crippen LogP contribution is -2.45. The first kappa shape index (κ1) is 22.0. The van der Waals surface area contributed by atoms with Gasteiger partial charge >= 0.3 is 0 Å². The van der Waals surface area contributed by atoms with Crippen molar-refractivity contribution in [3.8, 4) is 0 Å². The summed E-state index contributed by atoms with van der Waals surface area (Å²) in [6, 6.07) is 7.92. The zero-order valence-electron chi connectivity index (χ0n) is 16.9. The van der Waals surface area contributed by atoms with E-state index >= 15 is 0 Å². The van der Waals surface area contributed by atoms with Gasteiger partial charge in [0.1, 0.15) is 11.8 Å². The van der Waals surface area contributed by atoms with Gasteiger partial charge in [-0.25, -0.2) is 13.1 Å². The van der Waals surface area contributed by atoms with Gasteiger partial charge in [-0.1, -0.05) is 6.07 Å². The molecule has 3 rings (SSSR count). The Balaban J connectivity index is 1.43. The van der Waals surface area contributed by atoms with Crippen LogP contribution in [0.1, 0.15) is 43.1 Å². The van der Waals surface area contributed by atoms with Gasteiger partial charge in [0, 0.05) is 13.0 Å². The summed E-state index contributed by atoms with van der Waals surface area (Å²) in [6.07, 6.45) is 5.51. The second-order valence-corrected chi connectivity index (χ2v) is 9.14. The molecule has 1 aliphatic rings. The third kappa shape index (κ3) is 5.93. The van der Waals surface area contributed by atoms with E-state index in [4.69, 9.17) is 4.42 Å². The van der Waals surface area contributed by atoms with E-state index in [2.05, 4.69) is 15.4 Å². The Morgan fingerprint density at radius 1 is 1.13 bits per heavy atom. The third-order valence-electron chi connectivity index (χ3n) is 5.06. The standard InChI is InChI=1S/C21H27N3O5S/c1-15(21(26)22-14-18-7-4-12-29-18)24-20(25)10-11-23-30(27,28)19-9-8-16-5-2-3-6-17(16)13-19/h4,7-9,12-13,15,23H,2-3,5-6,10-11,14H2,1H3,(H,22,26)(H,24,25). The fraction of sp³-hybridized carbons (Fsp3) is 0.429. The minimum atomic E-state index is -3.69. The van der Waals surface area contributed by atoms with Crippen molar-refractivity contribution < 1.29 is 22.4 Å². The van der Waals surface area contributed by atoms with E-state index < -0.39 is 22.0 Å². The molecule has 162 valence electrons. The molecule has 1 unspecified atom stereocenters. The van der Waals surface area contributed by atoms with Crippen molar-refractivity contribution in [1.29, 1.82) is 0 Å². The van der Waals surface area contributed by atoms with Gasteiger partial charge in [0.15, 0.2) is 0 Å². The van der Waals surface area contributed by atoms with E-state index in [0.29, 0.717) is 5.76 Å². The Hall–Kier alpha value is -2.65. The summed E-state index contributed by atoms with van der Waals surface area (Å²) in [7, 11) is -3.69. The average molecular weight is 434 g/mol. The third-order valence-corrected chi connectivity index (χ3v) is 6.52. The second-order valence-electron chi connectivity index (χ2n) is 7.37. The number of nitrogens with one attached hydrogen (secondary N) is 3. The topological polar surface area (TPSA) is 118 Å². The maximum Gasteiger partial charge on any atom is 0.242 e. The summed E-state index contributed by atoms with van der Waals surface area (Å²) in [6.45, 7) is 1.74. The summed E-state index contributed by atoms with van der Waals surface area (Å²) in [5.74, 6) is -0.156. The summed E-state index contributed by atoms with van der Waals surface area (Å²) in [5.41, 5.74) is 2.29. The van der Waals surface area contributed by atoms with Crippen molar-refractivity contribution in [2.75, 3.05) is 6.54 Å². The van der Waals surface area contributed by atoms with Gasteiger partial charge in [0.2, 0.25) is 21.8 Å². The fourth-order valence-corrected chi connectivity index (χ4v) is 4.46. The lowest BCUT2D eigenvalue weighted by Gasteiger charge is -2.17. The molecule has 1 aromatic carbocycles. The number of carbonyl (C=O) groups excluding carboxylic acids is 2. The lowest BCUT2D eigenvalue weighted by molar-refractivity contribution is -0.128. The summed E-state index contributed by atoms with van der Waals surface area (Å²) in [4.78, 5) is 24.3. The molecule has 0 saturated heterocycles. The van der Waals surface area contributed by atoms with Crippen LogP contribution in [-0.4, -0.2) is 32.8 Å². The van der Waals surface area contributed by atoms with Gasteiger partial charge in [-0.3, -0.25) is 9.59 Å². The first-order valence-electron chi connectivity index (χ1n) is 10.1. The van der Waals surface area contributed by atoms with Crippen LogP contribution in [0.25, 0.3) is 0 Å². The number of fused-ring (bicyclic) bond motifs is 1. The molecule has 30 heavy (non-hydrogen) atoms. The van der Waals surface area contributed by atoms with Crippen molar-refractivity contribution in [3.63, 3.8) is 0 Å². The molecule has 2 aromatic rings. The number of rotatable bonds is 9. The van der Waals surface area contributed by atoms with Gasteiger partial charge in [0.05, 0.1) is 17.7 Å². The number of carbonyl (C=O) groups is 2. The number of aryl methyl sites for hydroxylation is 2. The number of hydrogen-bond donors (Lipinski definition) is 3. The van der Waals surface area contributed by atoms with Crippen molar-refractivity contribution in [1.82, 2.24) is 15.4 Å². The minimum absolute atomic E-state index is 0.0496. The normalized spacial score (nSPS) is 14.6. The molecule has 1 aliphatic carbocycles. The molecule has 3 N–H and O–H groups in total. The van der Waals surface area contributed by atoms with Crippen LogP contribution in [-0.2, 0) is 39.0 Å². The van der Waals surface area contributed by atoms with Crippen LogP contribution in [0.5, 0.6) is 0 Å². The molecular weight excluding hydrogens is 406 g/mol. The SMILES string of the molecule is CC(NC(=O)CCNS(=O)(=O)c1ccc2c(c1)CCCC2)C(=O)NCc1ccco1. The summed E-state index contributed by atoms with van der Waals surface area (Å²) in [5, 5.41) is 5.22. The highest BCUT2D eigenvalue weighted by Crippen LogP contribution is 2.24. The quantitative estimate of drug-likeness (QED) is 0.556. The van der Waals surface area contributed by atoms with Gasteiger partial charge in [0.25, 0.3) is 0 Å². The number of hydrogen-bond acceptors (Lipinski definition) is 5. The van der Waals surface area contributed by atoms with E-state index in [1.54, 1.807) is 31.2 Å². The molecule has 0 spiro atoms. The Kier molecular flexibility index (Phi) is 7.28. The molecule has 8 nitrogen and oxygen atoms in total.